The fourth-order valence-electron chi connectivity index (χ4n) is 2.68. The number of sulfonamides is 1. The van der Waals surface area contributed by atoms with Crippen molar-refractivity contribution in [3.05, 3.63) is 63.2 Å². The lowest BCUT2D eigenvalue weighted by atomic mass is 10.1. The second kappa shape index (κ2) is 8.91. The van der Waals surface area contributed by atoms with Gasteiger partial charge in [-0.1, -0.05) is 12.1 Å². The molecule has 0 bridgehead atoms. The minimum Gasteiger partial charge on any atom is -0.465 e. The van der Waals surface area contributed by atoms with E-state index >= 15 is 0 Å². The fraction of sp³-hybridized carbons (Fsp3) is 0.263. The van der Waals surface area contributed by atoms with Crippen molar-refractivity contribution in [2.75, 3.05) is 29.5 Å². The standard InChI is InChI=1S/C19H21N3O7S/c1-12-5-7-14(19(24)29-3)9-16(12)20-18(23)11-21(30(4,27)28)17-10-15(22(25)26)8-6-13(17)2/h5-10H,11H2,1-4H3,(H,20,23). The number of benzene rings is 2. The van der Waals surface area contributed by atoms with Crippen LogP contribution in [0, 0.1) is 24.0 Å². The van der Waals surface area contributed by atoms with Gasteiger partial charge in [0.15, 0.2) is 0 Å². The van der Waals surface area contributed by atoms with Gasteiger partial charge in [0.1, 0.15) is 6.54 Å². The van der Waals surface area contributed by atoms with E-state index in [4.69, 9.17) is 0 Å². The van der Waals surface area contributed by atoms with E-state index in [0.29, 0.717) is 16.8 Å². The van der Waals surface area contributed by atoms with Gasteiger partial charge in [0.2, 0.25) is 15.9 Å². The van der Waals surface area contributed by atoms with Gasteiger partial charge in [-0.25, -0.2) is 13.2 Å². The van der Waals surface area contributed by atoms with Crippen LogP contribution in [0.15, 0.2) is 36.4 Å². The molecule has 0 spiro atoms. The largest absolute Gasteiger partial charge is 0.465 e. The number of hydrogen-bond acceptors (Lipinski definition) is 7. The molecule has 30 heavy (non-hydrogen) atoms. The van der Waals surface area contributed by atoms with Gasteiger partial charge < -0.3 is 10.1 Å². The Hall–Kier alpha value is -3.47. The fourth-order valence-corrected chi connectivity index (χ4v) is 3.59. The first kappa shape index (κ1) is 22.8. The number of non-ortho nitro benzene ring substituents is 1. The summed E-state index contributed by atoms with van der Waals surface area (Å²) in [5, 5.41) is 13.6. The normalized spacial score (nSPS) is 10.9. The van der Waals surface area contributed by atoms with Crippen molar-refractivity contribution in [2.24, 2.45) is 0 Å². The highest BCUT2D eigenvalue weighted by Crippen LogP contribution is 2.27. The Morgan fingerprint density at radius 3 is 2.33 bits per heavy atom. The highest BCUT2D eigenvalue weighted by atomic mass is 32.2. The molecule has 0 radical (unpaired) electrons. The third-order valence-corrected chi connectivity index (χ3v) is 5.42. The second-order valence-corrected chi connectivity index (χ2v) is 8.47. The number of carbonyl (C=O) groups is 2. The minimum absolute atomic E-state index is 0.0295. The molecule has 0 heterocycles. The molecular weight excluding hydrogens is 414 g/mol. The summed E-state index contributed by atoms with van der Waals surface area (Å²) in [6, 6.07) is 8.33. The number of anilines is 2. The molecule has 160 valence electrons. The maximum absolute atomic E-state index is 12.6. The number of rotatable bonds is 7. The molecule has 2 aromatic carbocycles. The van der Waals surface area contributed by atoms with Crippen LogP contribution in [0.3, 0.4) is 0 Å². The van der Waals surface area contributed by atoms with Gasteiger partial charge in [-0.05, 0) is 37.1 Å². The SMILES string of the molecule is COC(=O)c1ccc(C)c(NC(=O)CN(c2cc([N+](=O)[O-])ccc2C)S(C)(=O)=O)c1. The van der Waals surface area contributed by atoms with Crippen LogP contribution in [0.5, 0.6) is 0 Å². The Morgan fingerprint density at radius 1 is 1.13 bits per heavy atom. The average molecular weight is 435 g/mol. The van der Waals surface area contributed by atoms with Crippen molar-refractivity contribution in [1.29, 1.82) is 0 Å². The zero-order valence-corrected chi connectivity index (χ0v) is 17.6. The Labute approximate surface area is 173 Å². The molecule has 10 nitrogen and oxygen atoms in total. The van der Waals surface area contributed by atoms with Gasteiger partial charge in [-0.15, -0.1) is 0 Å². The van der Waals surface area contributed by atoms with Crippen LogP contribution in [0.4, 0.5) is 17.1 Å². The van der Waals surface area contributed by atoms with Crippen molar-refractivity contribution in [2.45, 2.75) is 13.8 Å². The third-order valence-electron chi connectivity index (χ3n) is 4.29. The number of methoxy groups -OCH3 is 1. The summed E-state index contributed by atoms with van der Waals surface area (Å²) in [4.78, 5) is 34.7. The molecule has 2 rings (SSSR count). The first-order chi connectivity index (χ1) is 13.9. The van der Waals surface area contributed by atoms with Crippen LogP contribution in [0.25, 0.3) is 0 Å². The number of ether oxygens (including phenoxy) is 1. The van der Waals surface area contributed by atoms with Gasteiger partial charge >= 0.3 is 5.97 Å². The van der Waals surface area contributed by atoms with Crippen LogP contribution >= 0.6 is 0 Å². The number of carbonyl (C=O) groups excluding carboxylic acids is 2. The van der Waals surface area contributed by atoms with Crippen LogP contribution in [0.2, 0.25) is 0 Å². The molecule has 11 heteroatoms. The van der Waals surface area contributed by atoms with Crippen LogP contribution in [-0.4, -0.2) is 45.1 Å². The maximum atomic E-state index is 12.6. The number of nitro groups is 1. The Balaban J connectivity index is 2.36. The van der Waals surface area contributed by atoms with Crippen molar-refractivity contribution < 1.29 is 27.7 Å². The predicted molar refractivity (Wildman–Crippen MR) is 111 cm³/mol. The maximum Gasteiger partial charge on any atom is 0.337 e. The highest BCUT2D eigenvalue weighted by molar-refractivity contribution is 7.92. The molecular formula is C19H21N3O7S. The molecule has 2 aromatic rings. The van der Waals surface area contributed by atoms with E-state index in [9.17, 15) is 28.1 Å². The topological polar surface area (TPSA) is 136 Å². The van der Waals surface area contributed by atoms with Gasteiger partial charge in [-0.2, -0.15) is 0 Å². The summed E-state index contributed by atoms with van der Waals surface area (Å²) in [7, 11) is -2.70. The molecule has 0 aliphatic heterocycles. The van der Waals surface area contributed by atoms with Gasteiger partial charge in [0.05, 0.1) is 29.5 Å². The lowest BCUT2D eigenvalue weighted by Crippen LogP contribution is -2.38. The minimum atomic E-state index is -3.93. The molecule has 0 aliphatic carbocycles. The van der Waals surface area contributed by atoms with Gasteiger partial charge in [0.25, 0.3) is 5.69 Å². The number of amides is 1. The molecule has 0 aliphatic rings. The van der Waals surface area contributed by atoms with Crippen molar-refractivity contribution in [3.63, 3.8) is 0 Å². The summed E-state index contributed by atoms with van der Waals surface area (Å²) in [5.74, 6) is -1.27. The number of hydrogen-bond donors (Lipinski definition) is 1. The molecule has 0 saturated heterocycles. The molecule has 0 fully saturated rings. The first-order valence-electron chi connectivity index (χ1n) is 8.65. The zero-order chi connectivity index (χ0) is 22.6. The summed E-state index contributed by atoms with van der Waals surface area (Å²) >= 11 is 0. The lowest BCUT2D eigenvalue weighted by molar-refractivity contribution is -0.384. The molecule has 0 saturated carbocycles. The summed E-state index contributed by atoms with van der Waals surface area (Å²) in [6.45, 7) is 2.68. The number of aryl methyl sites for hydroxylation is 2. The smallest absolute Gasteiger partial charge is 0.337 e. The van der Waals surface area contributed by atoms with Gasteiger partial charge in [0, 0.05) is 17.8 Å². The summed E-state index contributed by atoms with van der Waals surface area (Å²) < 4.78 is 30.1. The first-order valence-corrected chi connectivity index (χ1v) is 10.5. The number of nitrogens with zero attached hydrogens (tertiary/aromatic N) is 2. The summed E-state index contributed by atoms with van der Waals surface area (Å²) in [6.07, 6.45) is 0.904. The number of nitro benzene ring substituents is 1. The summed E-state index contributed by atoms with van der Waals surface area (Å²) in [5.41, 5.74) is 1.35. The van der Waals surface area contributed by atoms with Crippen LogP contribution < -0.4 is 9.62 Å². The third kappa shape index (κ3) is 5.32. The van der Waals surface area contributed by atoms with Crippen molar-refractivity contribution >= 4 is 39.0 Å². The lowest BCUT2D eigenvalue weighted by Gasteiger charge is -2.23. The van der Waals surface area contributed by atoms with E-state index in [1.807, 2.05) is 0 Å². The van der Waals surface area contributed by atoms with Crippen LogP contribution in [0.1, 0.15) is 21.5 Å². The van der Waals surface area contributed by atoms with Gasteiger partial charge in [-0.3, -0.25) is 19.2 Å². The van der Waals surface area contributed by atoms with E-state index < -0.39 is 33.4 Å². The second-order valence-electron chi connectivity index (χ2n) is 6.57. The van der Waals surface area contributed by atoms with E-state index in [1.54, 1.807) is 19.9 Å². The Kier molecular flexibility index (Phi) is 6.77. The predicted octanol–water partition coefficient (Wildman–Crippen LogP) is 2.40. The van der Waals surface area contributed by atoms with Crippen molar-refractivity contribution in [3.8, 4) is 0 Å². The number of esters is 1. The van der Waals surface area contributed by atoms with E-state index in [1.165, 1.54) is 31.4 Å². The van der Waals surface area contributed by atoms with E-state index in [2.05, 4.69) is 10.1 Å². The van der Waals surface area contributed by atoms with E-state index in [-0.39, 0.29) is 16.9 Å². The molecule has 1 N–H and O–H groups in total. The molecule has 0 atom stereocenters. The molecule has 0 unspecified atom stereocenters. The van der Waals surface area contributed by atoms with Crippen molar-refractivity contribution in [1.82, 2.24) is 0 Å². The Morgan fingerprint density at radius 2 is 1.77 bits per heavy atom. The quantitative estimate of drug-likeness (QED) is 0.401. The average Bonchev–Trinajstić information content (AvgIpc) is 2.66. The molecule has 0 aromatic heterocycles. The zero-order valence-electron chi connectivity index (χ0n) is 16.8. The number of nitrogens with one attached hydrogen (secondary N) is 1. The van der Waals surface area contributed by atoms with E-state index in [0.717, 1.165) is 16.6 Å². The van der Waals surface area contributed by atoms with Crippen LogP contribution in [-0.2, 0) is 19.6 Å². The highest BCUT2D eigenvalue weighted by Gasteiger charge is 2.25. The molecule has 1 amide bonds. The monoisotopic (exact) mass is 435 g/mol. The Bertz CT molecular complexity index is 1110.